The van der Waals surface area contributed by atoms with Crippen molar-refractivity contribution in [1.29, 1.82) is 0 Å². The van der Waals surface area contributed by atoms with E-state index in [9.17, 15) is 18.3 Å². The molecule has 0 bridgehead atoms. The standard InChI is InChI=1S/C18H18ClNO4S/c1-11-2-8-14(9-3-11)25(23,24)16-15(18(16,10-20)17(21)22)12-4-6-13(19)7-5-12/h2-9,15-16H,10,20H2,1H3,(H,21,22)/t15-,16+,18-/m1/s1. The van der Waals surface area contributed by atoms with E-state index in [2.05, 4.69) is 0 Å². The molecule has 1 aliphatic rings. The van der Waals surface area contributed by atoms with Crippen molar-refractivity contribution < 1.29 is 18.3 Å². The van der Waals surface area contributed by atoms with Gasteiger partial charge in [-0.2, -0.15) is 0 Å². The molecule has 1 aliphatic carbocycles. The van der Waals surface area contributed by atoms with Gasteiger partial charge in [-0.25, -0.2) is 8.42 Å². The molecule has 7 heteroatoms. The molecule has 1 fully saturated rings. The zero-order chi connectivity index (χ0) is 18.4. The highest BCUT2D eigenvalue weighted by molar-refractivity contribution is 7.92. The number of carbonyl (C=O) groups is 1. The Hall–Kier alpha value is -1.89. The van der Waals surface area contributed by atoms with Gasteiger partial charge in [-0.1, -0.05) is 41.4 Å². The van der Waals surface area contributed by atoms with Crippen LogP contribution in [0.25, 0.3) is 0 Å². The van der Waals surface area contributed by atoms with Crippen LogP contribution in [0, 0.1) is 12.3 Å². The summed E-state index contributed by atoms with van der Waals surface area (Å²) in [6, 6.07) is 12.9. The zero-order valence-corrected chi connectivity index (χ0v) is 15.1. The van der Waals surface area contributed by atoms with Gasteiger partial charge in [0.15, 0.2) is 9.84 Å². The normalized spacial score (nSPS) is 25.6. The number of carboxylic acid groups (broad SMARTS) is 1. The van der Waals surface area contributed by atoms with Gasteiger partial charge < -0.3 is 10.8 Å². The molecule has 5 nitrogen and oxygen atoms in total. The van der Waals surface area contributed by atoms with Crippen LogP contribution in [0.1, 0.15) is 17.0 Å². The summed E-state index contributed by atoms with van der Waals surface area (Å²) in [6.07, 6.45) is 0. The van der Waals surface area contributed by atoms with Gasteiger partial charge in [-0.15, -0.1) is 0 Å². The lowest BCUT2D eigenvalue weighted by molar-refractivity contribution is -0.143. The first-order valence-electron chi connectivity index (χ1n) is 7.74. The van der Waals surface area contributed by atoms with Crippen LogP contribution >= 0.6 is 11.6 Å². The van der Waals surface area contributed by atoms with Gasteiger partial charge in [-0.3, -0.25) is 4.79 Å². The van der Waals surface area contributed by atoms with E-state index in [-0.39, 0.29) is 11.4 Å². The molecule has 0 unspecified atom stereocenters. The highest BCUT2D eigenvalue weighted by atomic mass is 35.5. The number of aryl methyl sites for hydroxylation is 1. The van der Waals surface area contributed by atoms with E-state index < -0.39 is 32.4 Å². The van der Waals surface area contributed by atoms with Crippen molar-refractivity contribution in [2.75, 3.05) is 6.54 Å². The summed E-state index contributed by atoms with van der Waals surface area (Å²) in [5.41, 5.74) is 5.75. The van der Waals surface area contributed by atoms with Crippen molar-refractivity contribution in [1.82, 2.24) is 0 Å². The number of hydrogen-bond donors (Lipinski definition) is 2. The third-order valence-electron chi connectivity index (χ3n) is 4.91. The molecule has 3 rings (SSSR count). The molecule has 3 N–H and O–H groups in total. The molecule has 2 aromatic carbocycles. The van der Waals surface area contributed by atoms with Gasteiger partial charge in [0.05, 0.1) is 10.1 Å². The largest absolute Gasteiger partial charge is 0.481 e. The maximum Gasteiger partial charge on any atom is 0.312 e. The van der Waals surface area contributed by atoms with Gasteiger partial charge in [0.2, 0.25) is 0 Å². The average Bonchev–Trinajstić information content (AvgIpc) is 3.27. The van der Waals surface area contributed by atoms with Crippen LogP contribution in [0.3, 0.4) is 0 Å². The molecule has 132 valence electrons. The van der Waals surface area contributed by atoms with Gasteiger partial charge in [0, 0.05) is 17.5 Å². The van der Waals surface area contributed by atoms with Gasteiger partial charge in [0.25, 0.3) is 0 Å². The monoisotopic (exact) mass is 379 g/mol. The Kier molecular flexibility index (Phi) is 4.39. The molecule has 0 heterocycles. The molecule has 0 aromatic heterocycles. The number of halogens is 1. The van der Waals surface area contributed by atoms with E-state index in [1.807, 2.05) is 6.92 Å². The lowest BCUT2D eigenvalue weighted by Crippen LogP contribution is -2.31. The van der Waals surface area contributed by atoms with E-state index in [4.69, 9.17) is 17.3 Å². The number of carboxylic acids is 1. The Morgan fingerprint density at radius 1 is 1.16 bits per heavy atom. The van der Waals surface area contributed by atoms with Crippen molar-refractivity contribution in [3.8, 4) is 0 Å². The fourth-order valence-corrected chi connectivity index (χ4v) is 5.97. The minimum atomic E-state index is -3.85. The zero-order valence-electron chi connectivity index (χ0n) is 13.5. The van der Waals surface area contributed by atoms with E-state index in [0.29, 0.717) is 10.6 Å². The van der Waals surface area contributed by atoms with E-state index >= 15 is 0 Å². The van der Waals surface area contributed by atoms with E-state index in [0.717, 1.165) is 5.56 Å². The number of hydrogen-bond acceptors (Lipinski definition) is 4. The first-order chi connectivity index (χ1) is 11.7. The van der Waals surface area contributed by atoms with E-state index in [1.54, 1.807) is 36.4 Å². The summed E-state index contributed by atoms with van der Waals surface area (Å²) in [4.78, 5) is 12.0. The summed E-state index contributed by atoms with van der Waals surface area (Å²) in [5.74, 6) is -1.91. The number of nitrogens with two attached hydrogens (primary N) is 1. The van der Waals surface area contributed by atoms with Crippen molar-refractivity contribution in [3.63, 3.8) is 0 Å². The second-order valence-electron chi connectivity index (χ2n) is 6.36. The van der Waals surface area contributed by atoms with Crippen LogP contribution in [0.2, 0.25) is 5.02 Å². The minimum Gasteiger partial charge on any atom is -0.481 e. The second kappa shape index (κ2) is 6.12. The van der Waals surface area contributed by atoms with Crippen LogP contribution in [-0.4, -0.2) is 31.3 Å². The molecule has 0 saturated heterocycles. The van der Waals surface area contributed by atoms with Crippen molar-refractivity contribution in [3.05, 3.63) is 64.7 Å². The molecular weight excluding hydrogens is 362 g/mol. The quantitative estimate of drug-likeness (QED) is 0.832. The minimum absolute atomic E-state index is 0.110. The van der Waals surface area contributed by atoms with Crippen molar-refractivity contribution in [2.24, 2.45) is 11.1 Å². The molecule has 0 aliphatic heterocycles. The number of rotatable bonds is 5. The summed E-state index contributed by atoms with van der Waals surface area (Å²) >= 11 is 5.88. The molecule has 25 heavy (non-hydrogen) atoms. The molecule has 3 atom stereocenters. The Bertz CT molecular complexity index is 909. The maximum atomic E-state index is 13.1. The van der Waals surface area contributed by atoms with Crippen LogP contribution in [0.15, 0.2) is 53.4 Å². The number of sulfone groups is 1. The van der Waals surface area contributed by atoms with Gasteiger partial charge in [0.1, 0.15) is 5.41 Å². The first-order valence-corrected chi connectivity index (χ1v) is 9.67. The fraction of sp³-hybridized carbons (Fsp3) is 0.278. The van der Waals surface area contributed by atoms with E-state index in [1.165, 1.54) is 12.1 Å². The highest BCUT2D eigenvalue weighted by Crippen LogP contribution is 2.63. The lowest BCUT2D eigenvalue weighted by atomic mass is 9.99. The van der Waals surface area contributed by atoms with Crippen molar-refractivity contribution in [2.45, 2.75) is 23.0 Å². The van der Waals surface area contributed by atoms with Crippen LogP contribution < -0.4 is 5.73 Å². The number of aliphatic carboxylic acids is 1. The Balaban J connectivity index is 2.10. The van der Waals surface area contributed by atoms with Gasteiger partial charge in [-0.05, 0) is 36.8 Å². The maximum absolute atomic E-state index is 13.1. The predicted octanol–water partition coefficient (Wildman–Crippen LogP) is 2.62. The molecule has 1 saturated carbocycles. The molecule has 0 radical (unpaired) electrons. The van der Waals surface area contributed by atoms with Gasteiger partial charge >= 0.3 is 5.97 Å². The Labute approximate surface area is 151 Å². The van der Waals surface area contributed by atoms with Crippen molar-refractivity contribution >= 4 is 27.4 Å². The topological polar surface area (TPSA) is 97.5 Å². The molecule has 0 spiro atoms. The summed E-state index contributed by atoms with van der Waals surface area (Å²) in [7, 11) is -3.85. The number of benzene rings is 2. The summed E-state index contributed by atoms with van der Waals surface area (Å²) in [5, 5.41) is 9.14. The Morgan fingerprint density at radius 2 is 1.72 bits per heavy atom. The van der Waals surface area contributed by atoms with Crippen LogP contribution in [-0.2, 0) is 14.6 Å². The molecule has 0 amide bonds. The third kappa shape index (κ3) is 2.74. The summed E-state index contributed by atoms with van der Waals surface area (Å²) in [6.45, 7) is 1.59. The predicted molar refractivity (Wildman–Crippen MR) is 95.5 cm³/mol. The smallest absolute Gasteiger partial charge is 0.312 e. The molecular formula is C18H18ClNO4S. The van der Waals surface area contributed by atoms with Crippen LogP contribution in [0.5, 0.6) is 0 Å². The lowest BCUT2D eigenvalue weighted by Gasteiger charge is -2.10. The second-order valence-corrected chi connectivity index (χ2v) is 8.86. The SMILES string of the molecule is Cc1ccc(S(=O)(=O)[C@H]2[C@@H](c3ccc(Cl)cc3)[C@@]2(CN)C(=O)O)cc1. The Morgan fingerprint density at radius 3 is 2.20 bits per heavy atom. The third-order valence-corrected chi connectivity index (χ3v) is 7.45. The average molecular weight is 380 g/mol. The fourth-order valence-electron chi connectivity index (χ4n) is 3.46. The highest BCUT2D eigenvalue weighted by Gasteiger charge is 2.75. The summed E-state index contributed by atoms with van der Waals surface area (Å²) < 4.78 is 26.2. The first kappa shape index (κ1) is 17.9. The van der Waals surface area contributed by atoms with Crippen LogP contribution in [0.4, 0.5) is 0 Å². The molecule has 2 aromatic rings.